The van der Waals surface area contributed by atoms with Gasteiger partial charge in [0.1, 0.15) is 0 Å². The highest BCUT2D eigenvalue weighted by atomic mass is 16.2. The van der Waals surface area contributed by atoms with Gasteiger partial charge in [0.2, 0.25) is 5.91 Å². The second-order valence-electron chi connectivity index (χ2n) is 5.85. The standard InChI is InChI=1S/C14H25N5O/c1-9(15)12-5-4-6-19(7-12)8-13(20)16-14-10(2)17-18-11(14)3/h9,12H,4-8,15H2,1-3H3,(H,16,20)(H,17,18). The Kier molecular flexibility index (Phi) is 4.77. The predicted octanol–water partition coefficient (Wildman–Crippen LogP) is 1.02. The molecule has 1 aliphatic heterocycles. The molecule has 2 heterocycles. The van der Waals surface area contributed by atoms with Crippen LogP contribution in [-0.4, -0.2) is 46.7 Å². The van der Waals surface area contributed by atoms with Gasteiger partial charge in [-0.25, -0.2) is 0 Å². The summed E-state index contributed by atoms with van der Waals surface area (Å²) in [5.74, 6) is 0.511. The molecular weight excluding hydrogens is 254 g/mol. The molecule has 1 aromatic heterocycles. The van der Waals surface area contributed by atoms with Crippen LogP contribution in [0.3, 0.4) is 0 Å². The van der Waals surface area contributed by atoms with Crippen molar-refractivity contribution >= 4 is 11.6 Å². The summed E-state index contributed by atoms with van der Waals surface area (Å²) in [6.07, 6.45) is 2.28. The first-order chi connectivity index (χ1) is 9.47. The van der Waals surface area contributed by atoms with Gasteiger partial charge in [-0.05, 0) is 46.1 Å². The molecule has 2 atom stereocenters. The van der Waals surface area contributed by atoms with Crippen LogP contribution in [0.4, 0.5) is 5.69 Å². The van der Waals surface area contributed by atoms with Crippen LogP contribution in [-0.2, 0) is 4.79 Å². The monoisotopic (exact) mass is 279 g/mol. The van der Waals surface area contributed by atoms with E-state index in [2.05, 4.69) is 20.4 Å². The van der Waals surface area contributed by atoms with E-state index in [9.17, 15) is 4.79 Å². The number of nitrogens with zero attached hydrogens (tertiary/aromatic N) is 2. The fraction of sp³-hybridized carbons (Fsp3) is 0.714. The number of aromatic nitrogens is 2. The number of anilines is 1. The van der Waals surface area contributed by atoms with Crippen molar-refractivity contribution in [3.05, 3.63) is 11.4 Å². The van der Waals surface area contributed by atoms with Crippen molar-refractivity contribution in [3.8, 4) is 0 Å². The third-order valence-electron chi connectivity index (χ3n) is 4.05. The molecule has 6 nitrogen and oxygen atoms in total. The summed E-state index contributed by atoms with van der Waals surface area (Å²) in [6, 6.07) is 0.194. The molecule has 1 aromatic rings. The Morgan fingerprint density at radius 1 is 1.60 bits per heavy atom. The minimum absolute atomic E-state index is 0.0166. The number of amides is 1. The van der Waals surface area contributed by atoms with E-state index < -0.39 is 0 Å². The number of nitrogens with one attached hydrogen (secondary N) is 2. The van der Waals surface area contributed by atoms with Crippen molar-refractivity contribution in [2.24, 2.45) is 11.7 Å². The molecule has 112 valence electrons. The number of hydrogen-bond acceptors (Lipinski definition) is 4. The van der Waals surface area contributed by atoms with Gasteiger partial charge in [0, 0.05) is 12.6 Å². The van der Waals surface area contributed by atoms with E-state index in [0.717, 1.165) is 43.0 Å². The first kappa shape index (κ1) is 15.0. The second kappa shape index (κ2) is 6.37. The summed E-state index contributed by atoms with van der Waals surface area (Å²) in [5, 5.41) is 9.90. The molecule has 6 heteroatoms. The maximum atomic E-state index is 12.1. The first-order valence-electron chi connectivity index (χ1n) is 7.26. The lowest BCUT2D eigenvalue weighted by atomic mass is 9.92. The van der Waals surface area contributed by atoms with Crippen LogP contribution < -0.4 is 11.1 Å². The van der Waals surface area contributed by atoms with Gasteiger partial charge in [0.15, 0.2) is 0 Å². The Balaban J connectivity index is 1.88. The molecular formula is C14H25N5O. The van der Waals surface area contributed by atoms with Gasteiger partial charge in [0.25, 0.3) is 0 Å². The first-order valence-corrected chi connectivity index (χ1v) is 7.26. The van der Waals surface area contributed by atoms with Gasteiger partial charge in [-0.3, -0.25) is 14.8 Å². The molecule has 0 radical (unpaired) electrons. The molecule has 1 fully saturated rings. The molecule has 1 saturated heterocycles. The molecule has 2 unspecified atom stereocenters. The Morgan fingerprint density at radius 2 is 2.35 bits per heavy atom. The lowest BCUT2D eigenvalue weighted by Gasteiger charge is -2.34. The zero-order chi connectivity index (χ0) is 14.7. The molecule has 0 aliphatic carbocycles. The molecule has 0 aromatic carbocycles. The summed E-state index contributed by atoms with van der Waals surface area (Å²) in [4.78, 5) is 14.3. The Hall–Kier alpha value is -1.40. The van der Waals surface area contributed by atoms with Crippen LogP contribution in [0.5, 0.6) is 0 Å². The van der Waals surface area contributed by atoms with Crippen molar-refractivity contribution < 1.29 is 4.79 Å². The zero-order valence-corrected chi connectivity index (χ0v) is 12.6. The van der Waals surface area contributed by atoms with E-state index in [1.807, 2.05) is 20.8 Å². The number of carbonyl (C=O) groups excluding carboxylic acids is 1. The van der Waals surface area contributed by atoms with Gasteiger partial charge in [-0.1, -0.05) is 0 Å². The van der Waals surface area contributed by atoms with E-state index in [-0.39, 0.29) is 11.9 Å². The molecule has 0 spiro atoms. The lowest BCUT2D eigenvalue weighted by Crippen LogP contribution is -2.45. The minimum Gasteiger partial charge on any atom is -0.328 e. The van der Waals surface area contributed by atoms with Crippen LogP contribution in [0.2, 0.25) is 0 Å². The van der Waals surface area contributed by atoms with E-state index in [1.54, 1.807) is 0 Å². The van der Waals surface area contributed by atoms with Crippen molar-refractivity contribution in [3.63, 3.8) is 0 Å². The van der Waals surface area contributed by atoms with E-state index in [0.29, 0.717) is 12.5 Å². The minimum atomic E-state index is 0.0166. The number of aromatic amines is 1. The molecule has 2 rings (SSSR count). The van der Waals surface area contributed by atoms with Gasteiger partial charge in [0.05, 0.1) is 23.6 Å². The van der Waals surface area contributed by atoms with E-state index in [4.69, 9.17) is 5.73 Å². The topological polar surface area (TPSA) is 87.0 Å². The lowest BCUT2D eigenvalue weighted by molar-refractivity contribution is -0.117. The predicted molar refractivity (Wildman–Crippen MR) is 79.5 cm³/mol. The van der Waals surface area contributed by atoms with Gasteiger partial charge < -0.3 is 11.1 Å². The maximum Gasteiger partial charge on any atom is 0.238 e. The van der Waals surface area contributed by atoms with Crippen molar-refractivity contribution in [2.75, 3.05) is 25.0 Å². The normalized spacial score (nSPS) is 21.7. The van der Waals surface area contributed by atoms with Gasteiger partial charge >= 0.3 is 0 Å². The number of piperidine rings is 1. The fourth-order valence-corrected chi connectivity index (χ4v) is 2.78. The summed E-state index contributed by atoms with van der Waals surface area (Å²) < 4.78 is 0. The molecule has 20 heavy (non-hydrogen) atoms. The summed E-state index contributed by atoms with van der Waals surface area (Å²) in [7, 11) is 0. The number of carbonyl (C=O) groups is 1. The van der Waals surface area contributed by atoms with Gasteiger partial charge in [-0.2, -0.15) is 5.10 Å². The Labute approximate surface area is 120 Å². The Morgan fingerprint density at radius 3 is 2.95 bits per heavy atom. The van der Waals surface area contributed by atoms with Crippen molar-refractivity contribution in [1.29, 1.82) is 0 Å². The van der Waals surface area contributed by atoms with Crippen LogP contribution in [0.1, 0.15) is 31.2 Å². The maximum absolute atomic E-state index is 12.1. The third kappa shape index (κ3) is 3.58. The van der Waals surface area contributed by atoms with E-state index in [1.165, 1.54) is 0 Å². The average Bonchev–Trinajstić information content (AvgIpc) is 2.71. The van der Waals surface area contributed by atoms with Crippen molar-refractivity contribution in [1.82, 2.24) is 15.1 Å². The quantitative estimate of drug-likeness (QED) is 0.768. The van der Waals surface area contributed by atoms with Crippen molar-refractivity contribution in [2.45, 2.75) is 39.7 Å². The largest absolute Gasteiger partial charge is 0.328 e. The summed E-state index contributed by atoms with van der Waals surface area (Å²) in [6.45, 7) is 8.14. The molecule has 0 bridgehead atoms. The third-order valence-corrected chi connectivity index (χ3v) is 4.05. The molecule has 4 N–H and O–H groups in total. The average molecular weight is 279 g/mol. The number of nitrogens with two attached hydrogens (primary N) is 1. The number of likely N-dealkylation sites (tertiary alicyclic amines) is 1. The number of rotatable bonds is 4. The van der Waals surface area contributed by atoms with Crippen LogP contribution in [0.25, 0.3) is 0 Å². The van der Waals surface area contributed by atoms with Crippen LogP contribution in [0, 0.1) is 19.8 Å². The fourth-order valence-electron chi connectivity index (χ4n) is 2.78. The van der Waals surface area contributed by atoms with Crippen LogP contribution >= 0.6 is 0 Å². The second-order valence-corrected chi connectivity index (χ2v) is 5.85. The Bertz CT molecular complexity index is 449. The SMILES string of the molecule is Cc1n[nH]c(C)c1NC(=O)CN1CCCC(C(C)N)C1. The highest BCUT2D eigenvalue weighted by Crippen LogP contribution is 2.19. The molecule has 1 aliphatic rings. The summed E-state index contributed by atoms with van der Waals surface area (Å²) in [5.41, 5.74) is 8.49. The highest BCUT2D eigenvalue weighted by Gasteiger charge is 2.24. The number of hydrogen-bond donors (Lipinski definition) is 3. The van der Waals surface area contributed by atoms with Crippen LogP contribution in [0.15, 0.2) is 0 Å². The number of H-pyrrole nitrogens is 1. The summed E-state index contributed by atoms with van der Waals surface area (Å²) >= 11 is 0. The number of aryl methyl sites for hydroxylation is 2. The molecule has 1 amide bonds. The van der Waals surface area contributed by atoms with Gasteiger partial charge in [-0.15, -0.1) is 0 Å². The van der Waals surface area contributed by atoms with E-state index >= 15 is 0 Å². The highest BCUT2D eigenvalue weighted by molar-refractivity contribution is 5.93. The smallest absolute Gasteiger partial charge is 0.238 e. The molecule has 0 saturated carbocycles. The zero-order valence-electron chi connectivity index (χ0n) is 12.6.